The van der Waals surface area contributed by atoms with Gasteiger partial charge >= 0.3 is 19.8 Å². The third-order valence-corrected chi connectivity index (χ3v) is 16.0. The second kappa shape index (κ2) is 37.0. The highest BCUT2D eigenvalue weighted by atomic mass is 31.2. The van der Waals surface area contributed by atoms with E-state index < -0.39 is 38.4 Å². The zero-order valence-electron chi connectivity index (χ0n) is 47.7. The maximum atomic E-state index is 14.2. The molecule has 0 aromatic heterocycles. The van der Waals surface area contributed by atoms with Crippen LogP contribution in [0.1, 0.15) is 217 Å². The number of likely N-dealkylation sites (tertiary alicyclic amines) is 1. The van der Waals surface area contributed by atoms with Crippen molar-refractivity contribution in [1.82, 2.24) is 10.2 Å². The number of phenolic OH excluding ortho intramolecular Hbond substituents is 1. The second-order valence-electron chi connectivity index (χ2n) is 21.6. The molecule has 1 saturated heterocycles. The normalized spacial score (nSPS) is 14.1. The van der Waals surface area contributed by atoms with Gasteiger partial charge in [0, 0.05) is 72.6 Å². The highest BCUT2D eigenvalue weighted by molar-refractivity contribution is 7.47. The van der Waals surface area contributed by atoms with E-state index in [4.69, 9.17) is 22.9 Å². The Kier molecular flexibility index (Phi) is 30.3. The molecular formula is C63H93N2O13P. The van der Waals surface area contributed by atoms with E-state index in [0.29, 0.717) is 77.8 Å². The van der Waals surface area contributed by atoms with Crippen molar-refractivity contribution in [1.29, 1.82) is 0 Å². The molecule has 0 radical (unpaired) electrons. The molecule has 2 amide bonds. The minimum absolute atomic E-state index is 0.00692. The molecule has 2 heterocycles. The molecule has 1 unspecified atom stereocenters. The van der Waals surface area contributed by atoms with Gasteiger partial charge in [-0.15, -0.1) is 0 Å². The van der Waals surface area contributed by atoms with E-state index in [1.165, 1.54) is 134 Å². The Hall–Kier alpha value is -5.08. The van der Waals surface area contributed by atoms with Gasteiger partial charge in [0.15, 0.2) is 11.5 Å². The summed E-state index contributed by atoms with van der Waals surface area (Å²) in [4.78, 5) is 77.8. The molecule has 0 bridgehead atoms. The minimum atomic E-state index is -4.69. The number of carbonyl (C=O) groups excluding carboxylic acids is 4. The topological polar surface area (TPSA) is 208 Å². The average Bonchev–Trinajstić information content (AvgIpc) is 3.50. The van der Waals surface area contributed by atoms with E-state index in [2.05, 4.69) is 19.2 Å². The van der Waals surface area contributed by atoms with Crippen molar-refractivity contribution in [3.63, 3.8) is 0 Å². The Morgan fingerprint density at radius 1 is 0.658 bits per heavy atom. The van der Waals surface area contributed by atoms with Gasteiger partial charge in [0.25, 0.3) is 5.91 Å². The monoisotopic (exact) mass is 1120 g/mol. The molecular weight excluding hydrogens is 1020 g/mol. The summed E-state index contributed by atoms with van der Waals surface area (Å²) in [5, 5.41) is 13.6. The summed E-state index contributed by atoms with van der Waals surface area (Å²) in [6.45, 7) is 3.77. The molecule has 5 rings (SSSR count). The first kappa shape index (κ1) is 64.7. The number of phosphoric acid groups is 1. The number of nitrogens with zero attached hydrogens (tertiary/aromatic N) is 1. The Morgan fingerprint density at radius 2 is 1.20 bits per heavy atom. The van der Waals surface area contributed by atoms with E-state index in [9.17, 15) is 38.5 Å². The van der Waals surface area contributed by atoms with Gasteiger partial charge in [0.1, 0.15) is 23.7 Å². The van der Waals surface area contributed by atoms with Crippen molar-refractivity contribution < 1.29 is 56.7 Å². The molecule has 2 aliphatic heterocycles. The van der Waals surface area contributed by atoms with Crippen molar-refractivity contribution in [3.8, 4) is 28.2 Å². The minimum Gasteiger partial charge on any atom is -0.508 e. The third kappa shape index (κ3) is 24.3. The van der Waals surface area contributed by atoms with Crippen LogP contribution in [0.25, 0.3) is 33.4 Å². The number of phosphoric ester groups is 1. The third-order valence-electron chi connectivity index (χ3n) is 15.0. The molecule has 2 atom stereocenters. The summed E-state index contributed by atoms with van der Waals surface area (Å²) >= 11 is 0. The van der Waals surface area contributed by atoms with Gasteiger partial charge in [-0.2, -0.15) is 0 Å². The number of aromatic hydroxyl groups is 1. The van der Waals surface area contributed by atoms with Crippen molar-refractivity contribution in [2.75, 3.05) is 39.5 Å². The van der Waals surface area contributed by atoms with Gasteiger partial charge in [-0.25, -0.2) is 4.57 Å². The van der Waals surface area contributed by atoms with Crippen LogP contribution in [0, 0.1) is 5.92 Å². The number of rotatable bonds is 41. The Morgan fingerprint density at radius 3 is 1.78 bits per heavy atom. The standard InChI is InChI=1S/C63H93N2O13P/c1-3-5-7-9-11-13-15-17-19-21-23-25-27-33-59(68)74-47-52(77-60(69)34-28-26-24-22-20-18-16-14-12-10-8-6-4-2)48-76-79(72,73)75-44-41-64-62(70)49-39-42-65(43-40-49)63(71)54-32-30-29-31-53(54)61-55-37-35-50(66)45-57(55)78-58-46-51(67)36-38-56(58)61/h29-32,35-38,45-46,49,52,66H,3-28,33-34,39-44,47-48H2,1-2H3,(H,64,70)(H,72,73)/t52-/m1/s1. The van der Waals surface area contributed by atoms with Gasteiger partial charge in [-0.05, 0) is 61.6 Å². The zero-order valence-corrected chi connectivity index (χ0v) is 48.6. The number of amides is 2. The number of hydrogen-bond acceptors (Lipinski definition) is 12. The van der Waals surface area contributed by atoms with Crippen LogP contribution >= 0.6 is 7.82 Å². The van der Waals surface area contributed by atoms with Crippen LogP contribution in [0.4, 0.5) is 0 Å². The average molecular weight is 1120 g/mol. The number of piperidine rings is 1. The molecule has 0 saturated carbocycles. The van der Waals surface area contributed by atoms with E-state index >= 15 is 0 Å². The van der Waals surface area contributed by atoms with Crippen molar-refractivity contribution in [3.05, 3.63) is 76.5 Å². The molecule has 2 aromatic rings. The van der Waals surface area contributed by atoms with E-state index in [1.807, 2.05) is 12.1 Å². The number of nitrogens with one attached hydrogen (secondary N) is 1. The maximum Gasteiger partial charge on any atom is 0.472 e. The molecule has 0 spiro atoms. The van der Waals surface area contributed by atoms with Crippen LogP contribution in [-0.4, -0.2) is 84.2 Å². The second-order valence-corrected chi connectivity index (χ2v) is 23.0. The number of unbranched alkanes of at least 4 members (excludes halogenated alkanes) is 24. The summed E-state index contributed by atoms with van der Waals surface area (Å²) in [6.07, 6.45) is 30.7. The van der Waals surface area contributed by atoms with Crippen LogP contribution in [0.15, 0.2) is 69.9 Å². The predicted octanol–water partition coefficient (Wildman–Crippen LogP) is 14.8. The van der Waals surface area contributed by atoms with Crippen molar-refractivity contribution in [2.24, 2.45) is 5.92 Å². The number of fused-ring (bicyclic) bond motifs is 2. The number of esters is 2. The van der Waals surface area contributed by atoms with Crippen molar-refractivity contribution >= 4 is 42.5 Å². The van der Waals surface area contributed by atoms with Crippen LogP contribution in [-0.2, 0) is 37.5 Å². The van der Waals surface area contributed by atoms with Crippen LogP contribution in [0.3, 0.4) is 0 Å². The molecule has 1 fully saturated rings. The first-order chi connectivity index (χ1) is 38.4. The van der Waals surface area contributed by atoms with E-state index in [1.54, 1.807) is 35.2 Å². The largest absolute Gasteiger partial charge is 0.508 e. The molecule has 1 aliphatic carbocycles. The number of hydrogen-bond donors (Lipinski definition) is 3. The Balaban J connectivity index is 1.03. The summed E-state index contributed by atoms with van der Waals surface area (Å²) in [5.74, 6) is -1.56. The lowest BCUT2D eigenvalue weighted by Crippen LogP contribution is -2.43. The summed E-state index contributed by atoms with van der Waals surface area (Å²) < 4.78 is 40.6. The van der Waals surface area contributed by atoms with Gasteiger partial charge < -0.3 is 34.1 Å². The van der Waals surface area contributed by atoms with Crippen molar-refractivity contribution in [2.45, 2.75) is 213 Å². The molecule has 3 aliphatic rings. The fourth-order valence-electron chi connectivity index (χ4n) is 10.4. The fraction of sp³-hybridized carbons (Fsp3) is 0.635. The lowest BCUT2D eigenvalue weighted by Gasteiger charge is -2.32. The zero-order chi connectivity index (χ0) is 56.5. The first-order valence-electron chi connectivity index (χ1n) is 30.2. The quantitative estimate of drug-likeness (QED) is 0.0164. The fourth-order valence-corrected chi connectivity index (χ4v) is 11.2. The number of benzene rings is 3. The molecule has 16 heteroatoms. The molecule has 3 N–H and O–H groups in total. The lowest BCUT2D eigenvalue weighted by atomic mass is 9.89. The van der Waals surface area contributed by atoms with Gasteiger partial charge in [-0.1, -0.05) is 186 Å². The summed E-state index contributed by atoms with van der Waals surface area (Å²) in [7, 11) is -4.69. The number of phenols is 1. The van der Waals surface area contributed by atoms with Crippen LogP contribution in [0.5, 0.6) is 5.75 Å². The number of carbonyl (C=O) groups is 4. The highest BCUT2D eigenvalue weighted by Gasteiger charge is 2.31. The maximum absolute atomic E-state index is 14.2. The summed E-state index contributed by atoms with van der Waals surface area (Å²) in [5.41, 5.74) is 2.49. The SMILES string of the molecule is CCCCCCCCCCCCCCCC(=O)OC[C@H](COP(=O)(O)OCCNC(=O)C1CCN(C(=O)c2ccccc2-c2c3ccc(=O)cc-3oc3cc(O)ccc23)CC1)OC(=O)CCCCCCCCCCCCCCC. The Bertz CT molecular complexity index is 2500. The van der Waals surface area contributed by atoms with E-state index in [-0.39, 0.29) is 55.6 Å². The van der Waals surface area contributed by atoms with Crippen LogP contribution < -0.4 is 10.7 Å². The Labute approximate surface area is 470 Å². The highest BCUT2D eigenvalue weighted by Crippen LogP contribution is 2.44. The van der Waals surface area contributed by atoms with Gasteiger partial charge in [-0.3, -0.25) is 33.0 Å². The predicted molar refractivity (Wildman–Crippen MR) is 311 cm³/mol. The van der Waals surface area contributed by atoms with Gasteiger partial charge in [0.05, 0.1) is 13.2 Å². The smallest absolute Gasteiger partial charge is 0.472 e. The summed E-state index contributed by atoms with van der Waals surface area (Å²) in [6, 6.07) is 16.4. The lowest BCUT2D eigenvalue weighted by molar-refractivity contribution is -0.161. The molecule has 15 nitrogen and oxygen atoms in total. The van der Waals surface area contributed by atoms with Gasteiger partial charge in [0.2, 0.25) is 5.91 Å². The first-order valence-corrected chi connectivity index (χ1v) is 31.7. The number of ether oxygens (including phenoxy) is 2. The molecule has 438 valence electrons. The van der Waals surface area contributed by atoms with Crippen LogP contribution in [0.2, 0.25) is 0 Å². The van der Waals surface area contributed by atoms with E-state index in [0.717, 1.165) is 38.5 Å². The molecule has 2 aromatic carbocycles. The molecule has 79 heavy (non-hydrogen) atoms.